The molecule has 1 fully saturated rings. The molecule has 0 aliphatic carbocycles. The summed E-state index contributed by atoms with van der Waals surface area (Å²) < 4.78 is 30.1. The summed E-state index contributed by atoms with van der Waals surface area (Å²) in [6, 6.07) is 8.47. The molecule has 0 radical (unpaired) electrons. The van der Waals surface area contributed by atoms with Crippen molar-refractivity contribution in [1.82, 2.24) is 4.98 Å². The number of benzene rings is 1. The lowest BCUT2D eigenvalue weighted by Crippen LogP contribution is -2.18. The molecule has 3 rings (SSSR count). The first-order valence-corrected chi connectivity index (χ1v) is 9.74. The van der Waals surface area contributed by atoms with Gasteiger partial charge >= 0.3 is 0 Å². The van der Waals surface area contributed by atoms with E-state index in [0.717, 1.165) is 31.1 Å². The predicted molar refractivity (Wildman–Crippen MR) is 86.9 cm³/mol. The van der Waals surface area contributed by atoms with E-state index in [1.54, 1.807) is 35.7 Å². The average Bonchev–Trinajstić information content (AvgIpc) is 3.17. The topological polar surface area (TPSA) is 68.3 Å². The summed E-state index contributed by atoms with van der Waals surface area (Å²) in [5.41, 5.74) is 0.573. The fourth-order valence-electron chi connectivity index (χ4n) is 2.37. The van der Waals surface area contributed by atoms with Crippen molar-refractivity contribution < 1.29 is 13.2 Å². The maximum absolute atomic E-state index is 12.3. The number of rotatable bonds is 6. The SMILES string of the molecule is O=S(=O)(Cc1csc(NC[C@@H]2CCCO2)n1)c1ccccc1. The van der Waals surface area contributed by atoms with E-state index in [1.807, 2.05) is 0 Å². The quantitative estimate of drug-likeness (QED) is 0.877. The number of nitrogens with one attached hydrogen (secondary N) is 1. The van der Waals surface area contributed by atoms with Gasteiger partial charge in [-0.3, -0.25) is 0 Å². The van der Waals surface area contributed by atoms with Gasteiger partial charge in [-0.25, -0.2) is 13.4 Å². The third kappa shape index (κ3) is 3.85. The number of ether oxygens (including phenoxy) is 1. The molecule has 1 aromatic carbocycles. The van der Waals surface area contributed by atoms with Gasteiger partial charge in [0.2, 0.25) is 0 Å². The highest BCUT2D eigenvalue weighted by Gasteiger charge is 2.18. The fourth-order valence-corrected chi connectivity index (χ4v) is 4.47. The fraction of sp³-hybridized carbons (Fsp3) is 0.400. The molecule has 118 valence electrons. The smallest absolute Gasteiger partial charge is 0.184 e. The molecule has 1 atom stereocenters. The zero-order valence-corrected chi connectivity index (χ0v) is 13.7. The van der Waals surface area contributed by atoms with Crippen molar-refractivity contribution in [3.63, 3.8) is 0 Å². The Kier molecular flexibility index (Phi) is 4.75. The van der Waals surface area contributed by atoms with Crippen molar-refractivity contribution in [2.75, 3.05) is 18.5 Å². The van der Waals surface area contributed by atoms with Gasteiger partial charge in [0.05, 0.1) is 22.4 Å². The minimum absolute atomic E-state index is 0.0743. The molecule has 1 saturated heterocycles. The second kappa shape index (κ2) is 6.76. The van der Waals surface area contributed by atoms with E-state index in [0.29, 0.717) is 10.6 Å². The first kappa shape index (κ1) is 15.5. The van der Waals surface area contributed by atoms with Crippen LogP contribution in [-0.2, 0) is 20.3 Å². The van der Waals surface area contributed by atoms with Crippen LogP contribution in [0.15, 0.2) is 40.6 Å². The Hall–Kier alpha value is -1.44. The largest absolute Gasteiger partial charge is 0.376 e. The van der Waals surface area contributed by atoms with Crippen LogP contribution in [0.2, 0.25) is 0 Å². The standard InChI is InChI=1S/C15H18N2O3S2/c18-22(19,14-6-2-1-3-7-14)11-12-10-21-15(17-12)16-9-13-5-4-8-20-13/h1-3,6-7,10,13H,4-5,8-9,11H2,(H,16,17)/t13-/m0/s1. The normalized spacial score (nSPS) is 18.5. The number of sulfone groups is 1. The lowest BCUT2D eigenvalue weighted by atomic mass is 10.2. The van der Waals surface area contributed by atoms with E-state index in [9.17, 15) is 8.42 Å². The van der Waals surface area contributed by atoms with Crippen LogP contribution in [0.1, 0.15) is 18.5 Å². The van der Waals surface area contributed by atoms with E-state index in [1.165, 1.54) is 11.3 Å². The first-order valence-electron chi connectivity index (χ1n) is 7.21. The van der Waals surface area contributed by atoms with E-state index >= 15 is 0 Å². The summed E-state index contributed by atoms with van der Waals surface area (Å²) in [6.45, 7) is 1.54. The van der Waals surface area contributed by atoms with Gasteiger partial charge < -0.3 is 10.1 Å². The molecule has 0 saturated carbocycles. The molecule has 22 heavy (non-hydrogen) atoms. The minimum atomic E-state index is -3.34. The van der Waals surface area contributed by atoms with Crippen LogP contribution >= 0.6 is 11.3 Å². The third-order valence-electron chi connectivity index (χ3n) is 3.50. The Morgan fingerprint density at radius 3 is 2.86 bits per heavy atom. The van der Waals surface area contributed by atoms with Gasteiger partial charge in [-0.05, 0) is 25.0 Å². The van der Waals surface area contributed by atoms with E-state index in [-0.39, 0.29) is 11.9 Å². The Morgan fingerprint density at radius 2 is 2.14 bits per heavy atom. The molecule has 2 heterocycles. The molecule has 1 aliphatic heterocycles. The summed E-state index contributed by atoms with van der Waals surface area (Å²) in [4.78, 5) is 4.69. The van der Waals surface area contributed by atoms with Crippen molar-refractivity contribution in [3.8, 4) is 0 Å². The van der Waals surface area contributed by atoms with Gasteiger partial charge in [0, 0.05) is 18.5 Å². The molecule has 5 nitrogen and oxygen atoms in total. The second-order valence-electron chi connectivity index (χ2n) is 5.23. The third-order valence-corrected chi connectivity index (χ3v) is 6.01. The molecular formula is C15H18N2O3S2. The second-order valence-corrected chi connectivity index (χ2v) is 8.08. The van der Waals surface area contributed by atoms with Crippen LogP contribution in [0.4, 0.5) is 5.13 Å². The van der Waals surface area contributed by atoms with Gasteiger partial charge in [-0.15, -0.1) is 11.3 Å². The van der Waals surface area contributed by atoms with Crippen LogP contribution in [0, 0.1) is 0 Å². The Balaban J connectivity index is 1.61. The molecule has 1 N–H and O–H groups in total. The zero-order valence-electron chi connectivity index (χ0n) is 12.1. The van der Waals surface area contributed by atoms with Gasteiger partial charge in [0.25, 0.3) is 0 Å². The number of thiazole rings is 1. The Bertz CT molecular complexity index is 707. The van der Waals surface area contributed by atoms with Crippen LogP contribution in [-0.4, -0.2) is 32.7 Å². The molecule has 7 heteroatoms. The summed E-state index contributed by atoms with van der Waals surface area (Å²) in [5, 5.41) is 5.75. The lowest BCUT2D eigenvalue weighted by Gasteiger charge is -2.09. The summed E-state index contributed by atoms with van der Waals surface area (Å²) in [6.07, 6.45) is 2.40. The highest BCUT2D eigenvalue weighted by atomic mass is 32.2. The van der Waals surface area contributed by atoms with E-state index in [4.69, 9.17) is 4.74 Å². The molecule has 2 aromatic rings. The first-order chi connectivity index (χ1) is 10.6. The van der Waals surface area contributed by atoms with Crippen molar-refractivity contribution in [2.24, 2.45) is 0 Å². The van der Waals surface area contributed by atoms with Crippen molar-refractivity contribution in [1.29, 1.82) is 0 Å². The number of anilines is 1. The molecular weight excluding hydrogens is 320 g/mol. The maximum Gasteiger partial charge on any atom is 0.184 e. The Morgan fingerprint density at radius 1 is 1.32 bits per heavy atom. The van der Waals surface area contributed by atoms with Gasteiger partial charge in [0.1, 0.15) is 0 Å². The van der Waals surface area contributed by atoms with Gasteiger partial charge in [0.15, 0.2) is 15.0 Å². The number of hydrogen-bond donors (Lipinski definition) is 1. The van der Waals surface area contributed by atoms with Gasteiger partial charge in [-0.2, -0.15) is 0 Å². The van der Waals surface area contributed by atoms with E-state index in [2.05, 4.69) is 10.3 Å². The van der Waals surface area contributed by atoms with Gasteiger partial charge in [-0.1, -0.05) is 18.2 Å². The van der Waals surface area contributed by atoms with Crippen molar-refractivity contribution >= 4 is 26.3 Å². The monoisotopic (exact) mass is 338 g/mol. The van der Waals surface area contributed by atoms with Crippen LogP contribution in [0.5, 0.6) is 0 Å². The highest BCUT2D eigenvalue weighted by Crippen LogP contribution is 2.21. The van der Waals surface area contributed by atoms with Crippen molar-refractivity contribution in [2.45, 2.75) is 29.6 Å². The van der Waals surface area contributed by atoms with Crippen LogP contribution < -0.4 is 5.32 Å². The molecule has 0 amide bonds. The lowest BCUT2D eigenvalue weighted by molar-refractivity contribution is 0.120. The van der Waals surface area contributed by atoms with Crippen LogP contribution in [0.25, 0.3) is 0 Å². The van der Waals surface area contributed by atoms with E-state index < -0.39 is 9.84 Å². The minimum Gasteiger partial charge on any atom is -0.376 e. The van der Waals surface area contributed by atoms with Crippen molar-refractivity contribution in [3.05, 3.63) is 41.4 Å². The van der Waals surface area contributed by atoms with Crippen LogP contribution in [0.3, 0.4) is 0 Å². The molecule has 1 aliphatic rings. The summed E-state index contributed by atoms with van der Waals surface area (Å²) >= 11 is 1.43. The highest BCUT2D eigenvalue weighted by molar-refractivity contribution is 7.90. The zero-order chi connectivity index (χ0) is 15.4. The molecule has 0 unspecified atom stereocenters. The average molecular weight is 338 g/mol. The summed E-state index contributed by atoms with van der Waals surface area (Å²) in [7, 11) is -3.34. The maximum atomic E-state index is 12.3. The molecule has 0 bridgehead atoms. The summed E-state index contributed by atoms with van der Waals surface area (Å²) in [5.74, 6) is -0.0743. The Labute approximate surface area is 134 Å². The molecule has 0 spiro atoms. The number of nitrogens with zero attached hydrogens (tertiary/aromatic N) is 1. The number of aromatic nitrogens is 1. The number of hydrogen-bond acceptors (Lipinski definition) is 6. The molecule has 1 aromatic heterocycles. The predicted octanol–water partition coefficient (Wildman–Crippen LogP) is 2.71.